The number of phenols is 1. The molecule has 2 unspecified atom stereocenters. The highest BCUT2D eigenvalue weighted by Crippen LogP contribution is 2.29. The fourth-order valence-corrected chi connectivity index (χ4v) is 2.91. The summed E-state index contributed by atoms with van der Waals surface area (Å²) in [6.45, 7) is 1.46. The molecule has 1 saturated heterocycles. The van der Waals surface area contributed by atoms with Crippen LogP contribution in [0.3, 0.4) is 0 Å². The molecule has 5 N–H and O–H groups in total. The molecule has 0 aliphatic carbocycles. The van der Waals surface area contributed by atoms with Gasteiger partial charge >= 0.3 is 0 Å². The first-order valence-corrected chi connectivity index (χ1v) is 8.03. The lowest BCUT2D eigenvalue weighted by Crippen LogP contribution is -2.35. The lowest BCUT2D eigenvalue weighted by molar-refractivity contribution is -0.114. The summed E-state index contributed by atoms with van der Waals surface area (Å²) < 4.78 is 0. The van der Waals surface area contributed by atoms with Crippen molar-refractivity contribution in [3.63, 3.8) is 0 Å². The van der Waals surface area contributed by atoms with Crippen molar-refractivity contribution in [3.05, 3.63) is 53.1 Å². The molecule has 1 amide bonds. The molecule has 2 atom stereocenters. The monoisotopic (exact) mass is 346 g/mol. The van der Waals surface area contributed by atoms with Crippen molar-refractivity contribution in [2.75, 3.05) is 10.6 Å². The Morgan fingerprint density at radius 1 is 1.21 bits per heavy atom. The first-order valence-electron chi connectivity index (χ1n) is 7.65. The Morgan fingerprint density at radius 2 is 1.96 bits per heavy atom. The number of carbonyl (C=O) groups is 1. The minimum atomic E-state index is -0.134. The number of aromatic hydroxyl groups is 1. The second-order valence-corrected chi connectivity index (χ2v) is 6.15. The molecule has 7 heteroatoms. The van der Waals surface area contributed by atoms with Crippen molar-refractivity contribution >= 4 is 28.9 Å². The SMILES string of the molecule is CC(=O)Nc1ccc(NC2CC(c3ccc(O)cc3)NN2)c(Cl)c1. The summed E-state index contributed by atoms with van der Waals surface area (Å²) in [5.74, 6) is 0.121. The Labute approximate surface area is 145 Å². The molecule has 0 saturated carbocycles. The molecule has 1 heterocycles. The first kappa shape index (κ1) is 16.6. The number of hydrazine groups is 1. The standard InChI is InChI=1S/C17H19ClN4O2/c1-10(23)19-12-4-7-15(14(18)8-12)20-17-9-16(21-22-17)11-2-5-13(24)6-3-11/h2-8,16-17,20-22,24H,9H2,1H3,(H,19,23). The van der Waals surface area contributed by atoms with Crippen molar-refractivity contribution < 1.29 is 9.90 Å². The smallest absolute Gasteiger partial charge is 0.221 e. The van der Waals surface area contributed by atoms with Gasteiger partial charge in [-0.05, 0) is 35.9 Å². The summed E-state index contributed by atoms with van der Waals surface area (Å²) in [4.78, 5) is 11.1. The molecule has 6 nitrogen and oxygen atoms in total. The Kier molecular flexibility index (Phi) is 4.89. The molecule has 1 aliphatic rings. The zero-order chi connectivity index (χ0) is 17.1. The summed E-state index contributed by atoms with van der Waals surface area (Å²) in [6.07, 6.45) is 0.821. The second kappa shape index (κ2) is 7.09. The van der Waals surface area contributed by atoms with Gasteiger partial charge in [0.25, 0.3) is 0 Å². The van der Waals surface area contributed by atoms with Crippen molar-refractivity contribution in [1.82, 2.24) is 10.9 Å². The van der Waals surface area contributed by atoms with Crippen LogP contribution >= 0.6 is 11.6 Å². The molecule has 0 aromatic heterocycles. The van der Waals surface area contributed by atoms with Gasteiger partial charge in [-0.2, -0.15) is 0 Å². The van der Waals surface area contributed by atoms with Crippen LogP contribution in [-0.2, 0) is 4.79 Å². The minimum Gasteiger partial charge on any atom is -0.508 e. The number of benzene rings is 2. The number of hydrogen-bond acceptors (Lipinski definition) is 5. The van der Waals surface area contributed by atoms with Gasteiger partial charge in [-0.15, -0.1) is 0 Å². The van der Waals surface area contributed by atoms with Gasteiger partial charge in [-0.3, -0.25) is 4.79 Å². The minimum absolute atomic E-state index is 0.00733. The van der Waals surface area contributed by atoms with Gasteiger partial charge < -0.3 is 15.7 Å². The molecule has 24 heavy (non-hydrogen) atoms. The van der Waals surface area contributed by atoms with Gasteiger partial charge in [0.1, 0.15) is 5.75 Å². The van der Waals surface area contributed by atoms with E-state index >= 15 is 0 Å². The van der Waals surface area contributed by atoms with E-state index in [2.05, 4.69) is 21.5 Å². The Bertz CT molecular complexity index is 736. The van der Waals surface area contributed by atoms with Crippen LogP contribution in [-0.4, -0.2) is 17.2 Å². The maximum Gasteiger partial charge on any atom is 0.221 e. The normalized spacial score (nSPS) is 19.9. The highest BCUT2D eigenvalue weighted by atomic mass is 35.5. The number of rotatable bonds is 4. The maximum absolute atomic E-state index is 11.1. The number of amides is 1. The molecule has 0 bridgehead atoms. The highest BCUT2D eigenvalue weighted by molar-refractivity contribution is 6.33. The molecule has 1 aliphatic heterocycles. The molecular formula is C17H19ClN4O2. The first-order chi connectivity index (χ1) is 11.5. The molecule has 1 fully saturated rings. The topological polar surface area (TPSA) is 85.4 Å². The van der Waals surface area contributed by atoms with Crippen molar-refractivity contribution in [1.29, 1.82) is 0 Å². The number of halogens is 1. The quantitative estimate of drug-likeness (QED) is 0.587. The van der Waals surface area contributed by atoms with Gasteiger partial charge in [-0.25, -0.2) is 10.9 Å². The van der Waals surface area contributed by atoms with Gasteiger partial charge in [0.2, 0.25) is 5.91 Å². The molecule has 0 radical (unpaired) electrons. The van der Waals surface area contributed by atoms with Crippen LogP contribution in [0.4, 0.5) is 11.4 Å². The largest absolute Gasteiger partial charge is 0.508 e. The Balaban J connectivity index is 1.63. The molecular weight excluding hydrogens is 328 g/mol. The second-order valence-electron chi connectivity index (χ2n) is 5.74. The predicted molar refractivity (Wildman–Crippen MR) is 94.9 cm³/mol. The van der Waals surface area contributed by atoms with E-state index in [4.69, 9.17) is 11.6 Å². The highest BCUT2D eigenvalue weighted by Gasteiger charge is 2.25. The van der Waals surface area contributed by atoms with Crippen molar-refractivity contribution in [2.24, 2.45) is 0 Å². The lowest BCUT2D eigenvalue weighted by Gasteiger charge is -2.15. The third-order valence-corrected chi connectivity index (χ3v) is 4.13. The number of phenolic OH excluding ortho intramolecular Hbond substituents is 1. The summed E-state index contributed by atoms with van der Waals surface area (Å²) in [7, 11) is 0. The summed E-state index contributed by atoms with van der Waals surface area (Å²) in [6, 6.07) is 12.6. The lowest BCUT2D eigenvalue weighted by atomic mass is 10.0. The summed E-state index contributed by atoms with van der Waals surface area (Å²) in [5, 5.41) is 15.9. The fourth-order valence-electron chi connectivity index (χ4n) is 2.68. The average Bonchev–Trinajstić information content (AvgIpc) is 2.99. The van der Waals surface area contributed by atoms with E-state index in [1.165, 1.54) is 6.92 Å². The van der Waals surface area contributed by atoms with Crippen molar-refractivity contribution in [3.8, 4) is 5.75 Å². The van der Waals surface area contributed by atoms with Crippen LogP contribution in [0.15, 0.2) is 42.5 Å². The number of hydrogen-bond donors (Lipinski definition) is 5. The van der Waals surface area contributed by atoms with Crippen LogP contribution in [0.2, 0.25) is 5.02 Å². The van der Waals surface area contributed by atoms with Crippen LogP contribution < -0.4 is 21.5 Å². The number of anilines is 2. The number of carbonyl (C=O) groups excluding carboxylic acids is 1. The summed E-state index contributed by atoms with van der Waals surface area (Å²) in [5.41, 5.74) is 8.96. The third-order valence-electron chi connectivity index (χ3n) is 3.82. The van der Waals surface area contributed by atoms with Crippen LogP contribution in [0, 0.1) is 0 Å². The van der Waals surface area contributed by atoms with E-state index in [1.54, 1.807) is 24.3 Å². The van der Waals surface area contributed by atoms with E-state index in [1.807, 2.05) is 18.2 Å². The predicted octanol–water partition coefficient (Wildman–Crippen LogP) is 2.98. The van der Waals surface area contributed by atoms with E-state index < -0.39 is 0 Å². The number of nitrogens with one attached hydrogen (secondary N) is 4. The Hall–Kier alpha value is -2.28. The van der Waals surface area contributed by atoms with Gasteiger partial charge in [0, 0.05) is 25.1 Å². The van der Waals surface area contributed by atoms with Crippen molar-refractivity contribution in [2.45, 2.75) is 25.6 Å². The van der Waals surface area contributed by atoms with Gasteiger partial charge in [0.15, 0.2) is 0 Å². The van der Waals surface area contributed by atoms with Crippen LogP contribution in [0.5, 0.6) is 5.75 Å². The molecule has 2 aromatic carbocycles. The van der Waals surface area contributed by atoms with Gasteiger partial charge in [0.05, 0.1) is 16.9 Å². The zero-order valence-corrected chi connectivity index (χ0v) is 13.9. The molecule has 2 aromatic rings. The third kappa shape index (κ3) is 3.97. The van der Waals surface area contributed by atoms with Crippen LogP contribution in [0.1, 0.15) is 24.9 Å². The van der Waals surface area contributed by atoms with E-state index in [0.29, 0.717) is 10.7 Å². The van der Waals surface area contributed by atoms with E-state index in [-0.39, 0.29) is 23.9 Å². The van der Waals surface area contributed by atoms with E-state index in [0.717, 1.165) is 17.7 Å². The average molecular weight is 347 g/mol. The molecule has 3 rings (SSSR count). The van der Waals surface area contributed by atoms with Crippen LogP contribution in [0.25, 0.3) is 0 Å². The summed E-state index contributed by atoms with van der Waals surface area (Å²) >= 11 is 6.27. The molecule has 126 valence electrons. The molecule has 0 spiro atoms. The fraction of sp³-hybridized carbons (Fsp3) is 0.235. The van der Waals surface area contributed by atoms with E-state index in [9.17, 15) is 9.90 Å². The van der Waals surface area contributed by atoms with Gasteiger partial charge in [-0.1, -0.05) is 23.7 Å². The maximum atomic E-state index is 11.1. The zero-order valence-electron chi connectivity index (χ0n) is 13.1. The Morgan fingerprint density at radius 3 is 2.62 bits per heavy atom.